The van der Waals surface area contributed by atoms with E-state index < -0.39 is 0 Å². The monoisotopic (exact) mass is 137 g/mol. The molecule has 0 fully saturated rings. The average molecular weight is 137 g/mol. The van der Waals surface area contributed by atoms with Gasteiger partial charge in [-0.2, -0.15) is 0 Å². The van der Waals surface area contributed by atoms with Crippen LogP contribution in [0.4, 0.5) is 0 Å². The summed E-state index contributed by atoms with van der Waals surface area (Å²) in [6.45, 7) is 0.447. The molecule has 0 aromatic rings. The summed E-state index contributed by atoms with van der Waals surface area (Å²) in [5, 5.41) is 3.07. The molecule has 54 valence electrons. The van der Waals surface area contributed by atoms with E-state index in [2.05, 4.69) is 17.5 Å². The largest absolute Gasteiger partial charge is 0.304 e. The first-order chi connectivity index (χ1) is 4.93. The highest BCUT2D eigenvalue weighted by molar-refractivity contribution is 5.52. The zero-order valence-electron chi connectivity index (χ0n) is 5.79. The lowest BCUT2D eigenvalue weighted by Crippen LogP contribution is -2.28. The summed E-state index contributed by atoms with van der Waals surface area (Å²) in [7, 11) is 0. The van der Waals surface area contributed by atoms with Crippen molar-refractivity contribution in [1.29, 1.82) is 0 Å². The van der Waals surface area contributed by atoms with Gasteiger partial charge in [0.05, 0.1) is 6.54 Å². The quantitative estimate of drug-likeness (QED) is 0.579. The molecule has 1 unspecified atom stereocenters. The van der Waals surface area contributed by atoms with Crippen LogP contribution in [0.25, 0.3) is 0 Å². The highest BCUT2D eigenvalue weighted by atomic mass is 16.1. The van der Waals surface area contributed by atoms with Gasteiger partial charge < -0.3 is 10.1 Å². The molecule has 1 rings (SSSR count). The molecular formula is C8H11NO. The summed E-state index contributed by atoms with van der Waals surface area (Å²) in [4.78, 5) is 9.94. The third kappa shape index (κ3) is 2.15. The first-order valence-electron chi connectivity index (χ1n) is 3.44. The molecule has 0 aromatic heterocycles. The molecule has 0 amide bonds. The standard InChI is InChI=1S/C8H11NO/c10-7-6-9-8-4-2-1-3-5-8/h1-4,7-9H,5-6H2. The van der Waals surface area contributed by atoms with E-state index in [0.717, 1.165) is 12.7 Å². The van der Waals surface area contributed by atoms with Gasteiger partial charge in [-0.3, -0.25) is 0 Å². The lowest BCUT2D eigenvalue weighted by Gasteiger charge is -2.11. The number of allylic oxidation sites excluding steroid dienone is 2. The number of hydrogen-bond donors (Lipinski definition) is 1. The Hall–Kier alpha value is -0.890. The van der Waals surface area contributed by atoms with E-state index in [0.29, 0.717) is 12.6 Å². The van der Waals surface area contributed by atoms with Crippen molar-refractivity contribution in [2.45, 2.75) is 12.5 Å². The fourth-order valence-corrected chi connectivity index (χ4v) is 0.931. The van der Waals surface area contributed by atoms with Crippen molar-refractivity contribution in [2.75, 3.05) is 6.54 Å². The summed E-state index contributed by atoms with van der Waals surface area (Å²) >= 11 is 0. The molecule has 0 saturated carbocycles. The molecule has 2 nitrogen and oxygen atoms in total. The maximum absolute atomic E-state index is 9.94. The minimum absolute atomic E-state index is 0.357. The molecule has 1 atom stereocenters. The molecule has 0 radical (unpaired) electrons. The van der Waals surface area contributed by atoms with Crippen molar-refractivity contribution in [3.05, 3.63) is 24.3 Å². The fraction of sp³-hybridized carbons (Fsp3) is 0.375. The van der Waals surface area contributed by atoms with Crippen LogP contribution >= 0.6 is 0 Å². The molecule has 0 aromatic carbocycles. The van der Waals surface area contributed by atoms with Crippen LogP contribution in [-0.4, -0.2) is 18.9 Å². The van der Waals surface area contributed by atoms with Crippen molar-refractivity contribution in [3.63, 3.8) is 0 Å². The zero-order chi connectivity index (χ0) is 7.23. The first kappa shape index (κ1) is 7.22. The van der Waals surface area contributed by atoms with Crippen LogP contribution < -0.4 is 5.32 Å². The topological polar surface area (TPSA) is 29.1 Å². The highest BCUT2D eigenvalue weighted by Gasteiger charge is 2.01. The van der Waals surface area contributed by atoms with Crippen molar-refractivity contribution < 1.29 is 4.79 Å². The van der Waals surface area contributed by atoms with Gasteiger partial charge in [0.1, 0.15) is 6.29 Å². The number of hydrogen-bond acceptors (Lipinski definition) is 2. The van der Waals surface area contributed by atoms with Crippen molar-refractivity contribution >= 4 is 6.29 Å². The van der Waals surface area contributed by atoms with Gasteiger partial charge in [0.25, 0.3) is 0 Å². The predicted octanol–water partition coefficient (Wildman–Crippen LogP) is 0.660. The number of carbonyl (C=O) groups excluding carboxylic acids is 1. The van der Waals surface area contributed by atoms with Crippen molar-refractivity contribution in [2.24, 2.45) is 0 Å². The number of rotatable bonds is 3. The summed E-state index contributed by atoms with van der Waals surface area (Å²) in [5.74, 6) is 0. The van der Waals surface area contributed by atoms with Crippen LogP contribution in [0.2, 0.25) is 0 Å². The summed E-state index contributed by atoms with van der Waals surface area (Å²) in [5.41, 5.74) is 0. The smallest absolute Gasteiger partial charge is 0.133 e. The molecule has 0 heterocycles. The van der Waals surface area contributed by atoms with Crippen molar-refractivity contribution in [1.82, 2.24) is 5.32 Å². The first-order valence-corrected chi connectivity index (χ1v) is 3.44. The van der Waals surface area contributed by atoms with Crippen molar-refractivity contribution in [3.8, 4) is 0 Å². The van der Waals surface area contributed by atoms with Crippen LogP contribution in [0.5, 0.6) is 0 Å². The van der Waals surface area contributed by atoms with Gasteiger partial charge >= 0.3 is 0 Å². The summed E-state index contributed by atoms with van der Waals surface area (Å²) < 4.78 is 0. The molecule has 0 saturated heterocycles. The number of nitrogens with one attached hydrogen (secondary N) is 1. The summed E-state index contributed by atoms with van der Waals surface area (Å²) in [6, 6.07) is 0.357. The molecule has 1 aliphatic carbocycles. The third-order valence-corrected chi connectivity index (χ3v) is 1.44. The minimum Gasteiger partial charge on any atom is -0.304 e. The molecule has 1 aliphatic rings. The molecule has 0 aliphatic heterocycles. The molecule has 10 heavy (non-hydrogen) atoms. The van der Waals surface area contributed by atoms with Gasteiger partial charge in [-0.1, -0.05) is 24.3 Å². The van der Waals surface area contributed by atoms with Crippen LogP contribution in [0.15, 0.2) is 24.3 Å². The molecular weight excluding hydrogens is 126 g/mol. The van der Waals surface area contributed by atoms with Gasteiger partial charge in [0.2, 0.25) is 0 Å². The fourth-order valence-electron chi connectivity index (χ4n) is 0.931. The number of aldehydes is 1. The minimum atomic E-state index is 0.357. The highest BCUT2D eigenvalue weighted by Crippen LogP contribution is 2.01. The van der Waals surface area contributed by atoms with Gasteiger partial charge in [-0.15, -0.1) is 0 Å². The van der Waals surface area contributed by atoms with E-state index in [1.54, 1.807) is 0 Å². The molecule has 0 bridgehead atoms. The molecule has 1 N–H and O–H groups in total. The molecule has 0 spiro atoms. The Morgan fingerprint density at radius 3 is 3.10 bits per heavy atom. The van der Waals surface area contributed by atoms with E-state index in [9.17, 15) is 4.79 Å². The van der Waals surface area contributed by atoms with E-state index in [1.807, 2.05) is 12.2 Å². The number of carbonyl (C=O) groups is 1. The second kappa shape index (κ2) is 4.01. The van der Waals surface area contributed by atoms with Gasteiger partial charge in [-0.05, 0) is 6.42 Å². The second-order valence-corrected chi connectivity index (χ2v) is 2.23. The van der Waals surface area contributed by atoms with Gasteiger partial charge in [-0.25, -0.2) is 0 Å². The SMILES string of the molecule is O=CCNC1C=CC=CC1. The Labute approximate surface area is 60.6 Å². The Morgan fingerprint density at radius 2 is 2.50 bits per heavy atom. The van der Waals surface area contributed by atoms with E-state index in [1.165, 1.54) is 0 Å². The Balaban J connectivity index is 2.23. The van der Waals surface area contributed by atoms with Gasteiger partial charge in [0.15, 0.2) is 0 Å². The van der Waals surface area contributed by atoms with E-state index in [4.69, 9.17) is 0 Å². The summed E-state index contributed by atoms with van der Waals surface area (Å²) in [6.07, 6.45) is 10.0. The second-order valence-electron chi connectivity index (χ2n) is 2.23. The Kier molecular flexibility index (Phi) is 2.90. The van der Waals surface area contributed by atoms with Gasteiger partial charge in [0, 0.05) is 6.04 Å². The normalized spacial score (nSPS) is 23.0. The zero-order valence-corrected chi connectivity index (χ0v) is 5.79. The molecule has 2 heteroatoms. The van der Waals surface area contributed by atoms with E-state index in [-0.39, 0.29) is 0 Å². The lowest BCUT2D eigenvalue weighted by molar-refractivity contribution is -0.107. The average Bonchev–Trinajstić information content (AvgIpc) is 2.03. The predicted molar refractivity (Wildman–Crippen MR) is 40.8 cm³/mol. The van der Waals surface area contributed by atoms with Crippen LogP contribution in [-0.2, 0) is 4.79 Å². The van der Waals surface area contributed by atoms with Crippen LogP contribution in [0.1, 0.15) is 6.42 Å². The van der Waals surface area contributed by atoms with E-state index >= 15 is 0 Å². The Morgan fingerprint density at radius 1 is 1.60 bits per heavy atom. The maximum atomic E-state index is 9.94. The maximum Gasteiger partial charge on any atom is 0.133 e. The Bertz CT molecular complexity index is 161. The van der Waals surface area contributed by atoms with Crippen LogP contribution in [0, 0.1) is 0 Å². The van der Waals surface area contributed by atoms with Crippen LogP contribution in [0.3, 0.4) is 0 Å². The third-order valence-electron chi connectivity index (χ3n) is 1.44. The lowest BCUT2D eigenvalue weighted by atomic mass is 10.1.